The van der Waals surface area contributed by atoms with E-state index in [2.05, 4.69) is 16.0 Å². The molecule has 2 amide bonds. The van der Waals surface area contributed by atoms with Crippen LogP contribution in [0.25, 0.3) is 0 Å². The van der Waals surface area contributed by atoms with Crippen LogP contribution in [0, 0.1) is 0 Å². The first kappa shape index (κ1) is 13.8. The van der Waals surface area contributed by atoms with Crippen LogP contribution in [0.15, 0.2) is 18.2 Å². The summed E-state index contributed by atoms with van der Waals surface area (Å²) in [6, 6.07) is 4.87. The van der Waals surface area contributed by atoms with Gasteiger partial charge in [-0.3, -0.25) is 9.59 Å². The van der Waals surface area contributed by atoms with Gasteiger partial charge in [0.2, 0.25) is 11.8 Å². The number of carbonyl (C=O) groups is 2. The second-order valence-corrected chi connectivity index (χ2v) is 4.92. The Morgan fingerprint density at radius 2 is 2.16 bits per heavy atom. The van der Waals surface area contributed by atoms with E-state index >= 15 is 0 Å². The van der Waals surface area contributed by atoms with E-state index < -0.39 is 0 Å². The van der Waals surface area contributed by atoms with E-state index in [9.17, 15) is 9.59 Å². The van der Waals surface area contributed by atoms with E-state index in [1.54, 1.807) is 18.2 Å². The summed E-state index contributed by atoms with van der Waals surface area (Å²) in [5.41, 5.74) is 1.16. The lowest BCUT2D eigenvalue weighted by atomic mass is 10.2. The predicted molar refractivity (Wildman–Crippen MR) is 75.4 cm³/mol. The second-order valence-electron chi connectivity index (χ2n) is 4.51. The Balaban J connectivity index is 2.03. The summed E-state index contributed by atoms with van der Waals surface area (Å²) in [6.07, 6.45) is 1.86. The molecule has 1 saturated heterocycles. The molecule has 3 N–H and O–H groups in total. The van der Waals surface area contributed by atoms with Crippen LogP contribution in [0.3, 0.4) is 0 Å². The molecule has 1 aliphatic rings. The van der Waals surface area contributed by atoms with Gasteiger partial charge in [0.05, 0.1) is 16.8 Å². The van der Waals surface area contributed by atoms with Crippen LogP contribution in [-0.2, 0) is 9.59 Å². The molecule has 2 rings (SSSR count). The van der Waals surface area contributed by atoms with Gasteiger partial charge >= 0.3 is 0 Å². The molecule has 6 heteroatoms. The van der Waals surface area contributed by atoms with Crippen molar-refractivity contribution in [1.82, 2.24) is 5.32 Å². The normalized spacial score (nSPS) is 18.1. The lowest BCUT2D eigenvalue weighted by Gasteiger charge is -2.12. The maximum Gasteiger partial charge on any atom is 0.241 e. The molecule has 1 atom stereocenters. The highest BCUT2D eigenvalue weighted by molar-refractivity contribution is 6.34. The van der Waals surface area contributed by atoms with Gasteiger partial charge in [-0.05, 0) is 37.6 Å². The fraction of sp³-hybridized carbons (Fsp3) is 0.385. The molecule has 1 aromatic rings. The van der Waals surface area contributed by atoms with Crippen LogP contribution in [0.2, 0.25) is 5.02 Å². The number of hydrogen-bond acceptors (Lipinski definition) is 3. The van der Waals surface area contributed by atoms with Gasteiger partial charge < -0.3 is 16.0 Å². The molecule has 0 unspecified atom stereocenters. The van der Waals surface area contributed by atoms with Gasteiger partial charge in [-0.15, -0.1) is 0 Å². The van der Waals surface area contributed by atoms with E-state index in [-0.39, 0.29) is 17.9 Å². The van der Waals surface area contributed by atoms with Crippen molar-refractivity contribution in [3.05, 3.63) is 23.2 Å². The van der Waals surface area contributed by atoms with Gasteiger partial charge in [-0.1, -0.05) is 11.6 Å². The topological polar surface area (TPSA) is 70.2 Å². The lowest BCUT2D eigenvalue weighted by Crippen LogP contribution is -2.35. The number of rotatable bonds is 3. The second kappa shape index (κ2) is 6.04. The molecule has 0 spiro atoms. The number of carbonyl (C=O) groups excluding carboxylic acids is 2. The quantitative estimate of drug-likeness (QED) is 0.793. The summed E-state index contributed by atoms with van der Waals surface area (Å²) in [5, 5.41) is 8.94. The van der Waals surface area contributed by atoms with Crippen molar-refractivity contribution in [3.63, 3.8) is 0 Å². The lowest BCUT2D eigenvalue weighted by molar-refractivity contribution is -0.118. The third kappa shape index (κ3) is 3.68. The molecule has 0 radical (unpaired) electrons. The Morgan fingerprint density at radius 1 is 1.37 bits per heavy atom. The van der Waals surface area contributed by atoms with Crippen LogP contribution < -0.4 is 16.0 Å². The monoisotopic (exact) mass is 281 g/mol. The van der Waals surface area contributed by atoms with Crippen molar-refractivity contribution in [3.8, 4) is 0 Å². The van der Waals surface area contributed by atoms with Crippen molar-refractivity contribution in [2.45, 2.75) is 25.8 Å². The molecule has 5 nitrogen and oxygen atoms in total. The van der Waals surface area contributed by atoms with Gasteiger partial charge in [-0.25, -0.2) is 0 Å². The molecule has 0 aliphatic carbocycles. The third-order valence-electron chi connectivity index (χ3n) is 2.92. The number of hydrogen-bond donors (Lipinski definition) is 3. The first-order valence-corrected chi connectivity index (χ1v) is 6.55. The van der Waals surface area contributed by atoms with E-state index in [0.717, 1.165) is 19.4 Å². The van der Waals surface area contributed by atoms with Crippen molar-refractivity contribution in [1.29, 1.82) is 0 Å². The fourth-order valence-corrected chi connectivity index (χ4v) is 2.25. The van der Waals surface area contributed by atoms with Gasteiger partial charge in [0.25, 0.3) is 0 Å². The summed E-state index contributed by atoms with van der Waals surface area (Å²) in [4.78, 5) is 22.9. The zero-order valence-corrected chi connectivity index (χ0v) is 11.4. The van der Waals surface area contributed by atoms with Gasteiger partial charge in [0.1, 0.15) is 0 Å². The summed E-state index contributed by atoms with van der Waals surface area (Å²) in [7, 11) is 0. The zero-order valence-electron chi connectivity index (χ0n) is 10.6. The van der Waals surface area contributed by atoms with Crippen LogP contribution in [0.1, 0.15) is 19.8 Å². The number of anilines is 2. The Kier molecular flexibility index (Phi) is 4.39. The van der Waals surface area contributed by atoms with E-state index in [0.29, 0.717) is 16.4 Å². The highest BCUT2D eigenvalue weighted by Gasteiger charge is 2.21. The molecule has 0 bridgehead atoms. The molecule has 19 heavy (non-hydrogen) atoms. The van der Waals surface area contributed by atoms with Crippen LogP contribution in [-0.4, -0.2) is 24.4 Å². The molecule has 1 aromatic carbocycles. The molecule has 0 aromatic heterocycles. The fourth-order valence-electron chi connectivity index (χ4n) is 2.02. The van der Waals surface area contributed by atoms with E-state index in [4.69, 9.17) is 11.6 Å². The predicted octanol–water partition coefficient (Wildman–Crippen LogP) is 1.99. The van der Waals surface area contributed by atoms with E-state index in [1.807, 2.05) is 0 Å². The SMILES string of the molecule is CC(=O)Nc1ccc(NC(=O)[C@@H]2CCCN2)cc1Cl. The smallest absolute Gasteiger partial charge is 0.241 e. The van der Waals surface area contributed by atoms with Gasteiger partial charge in [0.15, 0.2) is 0 Å². The van der Waals surface area contributed by atoms with Crippen LogP contribution in [0.4, 0.5) is 11.4 Å². The minimum absolute atomic E-state index is 0.0548. The number of amides is 2. The van der Waals surface area contributed by atoms with Crippen LogP contribution >= 0.6 is 11.6 Å². The molecule has 1 heterocycles. The maximum atomic E-state index is 11.9. The average molecular weight is 282 g/mol. The Bertz CT molecular complexity index is 499. The van der Waals surface area contributed by atoms with Gasteiger partial charge in [-0.2, -0.15) is 0 Å². The highest BCUT2D eigenvalue weighted by atomic mass is 35.5. The maximum absolute atomic E-state index is 11.9. The summed E-state index contributed by atoms with van der Waals surface area (Å²) >= 11 is 6.03. The van der Waals surface area contributed by atoms with Crippen LogP contribution in [0.5, 0.6) is 0 Å². The molecular weight excluding hydrogens is 266 g/mol. The zero-order chi connectivity index (χ0) is 13.8. The van der Waals surface area contributed by atoms with Crippen molar-refractivity contribution in [2.75, 3.05) is 17.2 Å². The van der Waals surface area contributed by atoms with Crippen molar-refractivity contribution >= 4 is 34.8 Å². The Labute approximate surface area is 116 Å². The highest BCUT2D eigenvalue weighted by Crippen LogP contribution is 2.25. The number of nitrogens with one attached hydrogen (secondary N) is 3. The molecule has 0 saturated carbocycles. The first-order chi connectivity index (χ1) is 9.06. The largest absolute Gasteiger partial charge is 0.325 e. The number of benzene rings is 1. The minimum Gasteiger partial charge on any atom is -0.325 e. The summed E-state index contributed by atoms with van der Waals surface area (Å²) < 4.78 is 0. The first-order valence-electron chi connectivity index (χ1n) is 6.17. The summed E-state index contributed by atoms with van der Waals surface area (Å²) in [6.45, 7) is 2.29. The number of halogens is 1. The minimum atomic E-state index is -0.186. The third-order valence-corrected chi connectivity index (χ3v) is 3.24. The molecular formula is C13H16ClN3O2. The van der Waals surface area contributed by atoms with Gasteiger partial charge in [0, 0.05) is 12.6 Å². The van der Waals surface area contributed by atoms with Crippen molar-refractivity contribution < 1.29 is 9.59 Å². The molecule has 1 fully saturated rings. The van der Waals surface area contributed by atoms with Crippen molar-refractivity contribution in [2.24, 2.45) is 0 Å². The molecule has 1 aliphatic heterocycles. The summed E-state index contributed by atoms with van der Waals surface area (Å²) in [5.74, 6) is -0.241. The standard InChI is InChI=1S/C13H16ClN3O2/c1-8(18)16-11-5-4-9(7-10(11)14)17-13(19)12-3-2-6-15-12/h4-5,7,12,15H,2-3,6H2,1H3,(H,16,18)(H,17,19)/t12-/m0/s1. The Morgan fingerprint density at radius 3 is 2.74 bits per heavy atom. The average Bonchev–Trinajstić information content (AvgIpc) is 2.86. The Hall–Kier alpha value is -1.59. The molecule has 102 valence electrons. The van der Waals surface area contributed by atoms with E-state index in [1.165, 1.54) is 6.92 Å².